The lowest BCUT2D eigenvalue weighted by atomic mass is 10.1. The van der Waals surface area contributed by atoms with E-state index in [1.807, 2.05) is 36.4 Å². The highest BCUT2D eigenvalue weighted by Crippen LogP contribution is 2.29. The maximum absolute atomic E-state index is 11.3. The first kappa shape index (κ1) is 18.7. The van der Waals surface area contributed by atoms with E-state index in [9.17, 15) is 9.90 Å². The van der Waals surface area contributed by atoms with Crippen LogP contribution in [0.1, 0.15) is 28.4 Å². The molecule has 3 rings (SSSR count). The number of nitrogens with zero attached hydrogens (tertiary/aromatic N) is 1. The number of rotatable bonds is 6. The summed E-state index contributed by atoms with van der Waals surface area (Å²) >= 11 is 6.29. The molecule has 0 aromatic heterocycles. The number of aliphatic imine (C=N–C) groups is 1. The van der Waals surface area contributed by atoms with Crippen LogP contribution in [0, 0.1) is 0 Å². The minimum absolute atomic E-state index is 0.0483. The molecule has 0 amide bonds. The molecule has 0 heterocycles. The first-order chi connectivity index (χ1) is 13.0. The Kier molecular flexibility index (Phi) is 5.89. The Morgan fingerprint density at radius 2 is 1.89 bits per heavy atom. The summed E-state index contributed by atoms with van der Waals surface area (Å²) in [6.07, 6.45) is 1.59. The highest BCUT2D eigenvalue weighted by Gasteiger charge is 2.06. The molecule has 136 valence electrons. The Balaban J connectivity index is 1.70. The van der Waals surface area contributed by atoms with E-state index in [1.165, 1.54) is 13.0 Å². The maximum Gasteiger partial charge on any atom is 0.159 e. The van der Waals surface area contributed by atoms with Gasteiger partial charge in [0, 0.05) is 11.8 Å². The van der Waals surface area contributed by atoms with Crippen molar-refractivity contribution in [2.45, 2.75) is 13.5 Å². The van der Waals surface area contributed by atoms with Gasteiger partial charge in [-0.05, 0) is 54.4 Å². The smallest absolute Gasteiger partial charge is 0.159 e. The van der Waals surface area contributed by atoms with Crippen molar-refractivity contribution in [1.82, 2.24) is 0 Å². The first-order valence-corrected chi connectivity index (χ1v) is 8.75. The second-order valence-corrected chi connectivity index (χ2v) is 6.39. The minimum atomic E-state index is -0.112. The standard InChI is InChI=1S/C22H18ClNO3/c1-15(25)18-8-9-20(21(26)12-18)24-13-17-7-10-22(19(23)11-17)27-14-16-5-3-2-4-6-16/h2-13,26H,14H2,1H3/b24-13+. The Bertz CT molecular complexity index is 984. The molecule has 0 atom stereocenters. The number of benzene rings is 3. The molecule has 0 aliphatic heterocycles. The van der Waals surface area contributed by atoms with Gasteiger partial charge < -0.3 is 9.84 Å². The van der Waals surface area contributed by atoms with Crippen molar-refractivity contribution in [3.63, 3.8) is 0 Å². The summed E-state index contributed by atoms with van der Waals surface area (Å²) in [5.41, 5.74) is 2.64. The SMILES string of the molecule is CC(=O)c1ccc(/N=C/c2ccc(OCc3ccccc3)c(Cl)c2)c(O)c1. The van der Waals surface area contributed by atoms with Crippen LogP contribution in [0.15, 0.2) is 71.7 Å². The Morgan fingerprint density at radius 1 is 1.11 bits per heavy atom. The van der Waals surface area contributed by atoms with Crippen molar-refractivity contribution in [2.75, 3.05) is 0 Å². The lowest BCUT2D eigenvalue weighted by Gasteiger charge is -2.08. The number of hydrogen-bond acceptors (Lipinski definition) is 4. The first-order valence-electron chi connectivity index (χ1n) is 8.37. The van der Waals surface area contributed by atoms with E-state index in [0.29, 0.717) is 28.6 Å². The lowest BCUT2D eigenvalue weighted by Crippen LogP contribution is -1.96. The van der Waals surface area contributed by atoms with E-state index in [-0.39, 0.29) is 11.5 Å². The van der Waals surface area contributed by atoms with E-state index in [4.69, 9.17) is 16.3 Å². The number of carbonyl (C=O) groups is 1. The molecule has 0 radical (unpaired) electrons. The molecule has 3 aromatic carbocycles. The molecule has 0 saturated carbocycles. The van der Waals surface area contributed by atoms with Crippen LogP contribution in [0.25, 0.3) is 0 Å². The summed E-state index contributed by atoms with van der Waals surface area (Å²) in [7, 11) is 0. The van der Waals surface area contributed by atoms with Gasteiger partial charge in [-0.2, -0.15) is 0 Å². The molecule has 0 fully saturated rings. The average molecular weight is 380 g/mol. The zero-order valence-electron chi connectivity index (χ0n) is 14.7. The van der Waals surface area contributed by atoms with Crippen molar-refractivity contribution in [1.29, 1.82) is 0 Å². The summed E-state index contributed by atoms with van der Waals surface area (Å²) < 4.78 is 5.75. The molecule has 4 nitrogen and oxygen atoms in total. The van der Waals surface area contributed by atoms with E-state index in [2.05, 4.69) is 4.99 Å². The molecular formula is C22H18ClNO3. The number of carbonyl (C=O) groups excluding carboxylic acids is 1. The summed E-state index contributed by atoms with van der Waals surface area (Å²) in [6.45, 7) is 1.88. The molecule has 1 N–H and O–H groups in total. The second kappa shape index (κ2) is 8.52. The lowest BCUT2D eigenvalue weighted by molar-refractivity contribution is 0.101. The van der Waals surface area contributed by atoms with Crippen LogP contribution in [0.2, 0.25) is 5.02 Å². The fourth-order valence-corrected chi connectivity index (χ4v) is 2.69. The van der Waals surface area contributed by atoms with Crippen LogP contribution < -0.4 is 4.74 Å². The summed E-state index contributed by atoms with van der Waals surface area (Å²) in [6, 6.07) is 19.8. The summed E-state index contributed by atoms with van der Waals surface area (Å²) in [5.74, 6) is 0.429. The molecule has 0 unspecified atom stereocenters. The molecule has 27 heavy (non-hydrogen) atoms. The number of ketones is 1. The van der Waals surface area contributed by atoms with Crippen molar-refractivity contribution in [2.24, 2.45) is 4.99 Å². The van der Waals surface area contributed by atoms with Crippen molar-refractivity contribution < 1.29 is 14.6 Å². The van der Waals surface area contributed by atoms with Gasteiger partial charge in [0.1, 0.15) is 23.8 Å². The van der Waals surface area contributed by atoms with Crippen molar-refractivity contribution in [3.8, 4) is 11.5 Å². The van der Waals surface area contributed by atoms with E-state index in [0.717, 1.165) is 11.1 Å². The minimum Gasteiger partial charge on any atom is -0.506 e. The Labute approximate surface area is 162 Å². The van der Waals surface area contributed by atoms with E-state index < -0.39 is 0 Å². The topological polar surface area (TPSA) is 58.9 Å². The largest absolute Gasteiger partial charge is 0.506 e. The van der Waals surface area contributed by atoms with Gasteiger partial charge in [-0.1, -0.05) is 41.9 Å². The van der Waals surface area contributed by atoms with E-state index >= 15 is 0 Å². The second-order valence-electron chi connectivity index (χ2n) is 5.98. The van der Waals surface area contributed by atoms with Gasteiger partial charge in [0.25, 0.3) is 0 Å². The van der Waals surface area contributed by atoms with Crippen molar-refractivity contribution in [3.05, 3.63) is 88.4 Å². The third-order valence-corrected chi connectivity index (χ3v) is 4.22. The predicted molar refractivity (Wildman–Crippen MR) is 108 cm³/mol. The normalized spacial score (nSPS) is 10.9. The highest BCUT2D eigenvalue weighted by atomic mass is 35.5. The zero-order chi connectivity index (χ0) is 19.2. The third-order valence-electron chi connectivity index (χ3n) is 3.93. The number of Topliss-reactive ketones (excluding diaryl/α,β-unsaturated/α-hetero) is 1. The Hall–Kier alpha value is -3.11. The molecule has 3 aromatic rings. The quantitative estimate of drug-likeness (QED) is 0.449. The Morgan fingerprint density at radius 3 is 2.56 bits per heavy atom. The average Bonchev–Trinajstić information content (AvgIpc) is 2.67. The predicted octanol–water partition coefficient (Wildman–Crippen LogP) is 5.58. The summed E-state index contributed by atoms with van der Waals surface area (Å²) in [5, 5.41) is 10.5. The fourth-order valence-electron chi connectivity index (χ4n) is 2.45. The number of phenols is 1. The molecule has 0 aliphatic rings. The van der Waals surface area contributed by atoms with Crippen LogP contribution in [0.4, 0.5) is 5.69 Å². The molecule has 0 saturated heterocycles. The molecule has 0 aliphatic carbocycles. The number of halogens is 1. The fraction of sp³-hybridized carbons (Fsp3) is 0.0909. The van der Waals surface area contributed by atoms with Gasteiger partial charge in [0.05, 0.1) is 5.02 Å². The van der Waals surface area contributed by atoms with E-state index in [1.54, 1.807) is 30.5 Å². The van der Waals surface area contributed by atoms with Crippen molar-refractivity contribution >= 4 is 29.3 Å². The molecular weight excluding hydrogens is 362 g/mol. The molecule has 0 bridgehead atoms. The molecule has 0 spiro atoms. The number of aromatic hydroxyl groups is 1. The molecule has 5 heteroatoms. The third kappa shape index (κ3) is 4.96. The number of hydrogen-bond donors (Lipinski definition) is 1. The number of ether oxygens (including phenoxy) is 1. The van der Waals surface area contributed by atoms with Crippen LogP contribution >= 0.6 is 11.6 Å². The van der Waals surface area contributed by atoms with Crippen LogP contribution in [0.5, 0.6) is 11.5 Å². The zero-order valence-corrected chi connectivity index (χ0v) is 15.5. The van der Waals surface area contributed by atoms with Gasteiger partial charge in [-0.3, -0.25) is 9.79 Å². The van der Waals surface area contributed by atoms with Crippen LogP contribution in [-0.4, -0.2) is 17.1 Å². The van der Waals surface area contributed by atoms with Crippen LogP contribution in [-0.2, 0) is 6.61 Å². The summed E-state index contributed by atoms with van der Waals surface area (Å²) in [4.78, 5) is 15.6. The van der Waals surface area contributed by atoms with Gasteiger partial charge in [0.15, 0.2) is 5.78 Å². The number of phenolic OH excluding ortho intramolecular Hbond substituents is 1. The maximum atomic E-state index is 11.3. The van der Waals surface area contributed by atoms with Gasteiger partial charge in [-0.15, -0.1) is 0 Å². The highest BCUT2D eigenvalue weighted by molar-refractivity contribution is 6.32. The van der Waals surface area contributed by atoms with Gasteiger partial charge in [0.2, 0.25) is 0 Å². The van der Waals surface area contributed by atoms with Crippen LogP contribution in [0.3, 0.4) is 0 Å². The van der Waals surface area contributed by atoms with Gasteiger partial charge >= 0.3 is 0 Å². The monoisotopic (exact) mass is 379 g/mol. The van der Waals surface area contributed by atoms with Gasteiger partial charge in [-0.25, -0.2) is 0 Å².